The van der Waals surface area contributed by atoms with Gasteiger partial charge in [-0.15, -0.1) is 0 Å². The monoisotopic (exact) mass is 273 g/mol. The van der Waals surface area contributed by atoms with Gasteiger partial charge in [0, 0.05) is 13.1 Å². The lowest BCUT2D eigenvalue weighted by Gasteiger charge is -2.28. The predicted molar refractivity (Wildman–Crippen MR) is 78.2 cm³/mol. The second-order valence-corrected chi connectivity index (χ2v) is 6.84. The molecule has 20 heavy (non-hydrogen) atoms. The Balaban J connectivity index is 1.78. The Labute approximate surface area is 120 Å². The molecule has 1 saturated carbocycles. The number of aryl methyl sites for hydroxylation is 1. The minimum atomic E-state index is -0.0734. The van der Waals surface area contributed by atoms with E-state index in [0.29, 0.717) is 17.3 Å². The van der Waals surface area contributed by atoms with E-state index in [1.165, 1.54) is 18.2 Å². The van der Waals surface area contributed by atoms with Gasteiger partial charge in [0.15, 0.2) is 0 Å². The summed E-state index contributed by atoms with van der Waals surface area (Å²) in [5.41, 5.74) is 2.84. The third kappa shape index (κ3) is 2.05. The molecule has 0 spiro atoms. The zero-order valence-corrected chi connectivity index (χ0v) is 12.7. The standard InChI is InChI=1S/C17H23NO2/c1-11-6-5-7-12(8-11)9-18-10-13-14(17(13,2)3)15(18)16(19)20-4/h5-8,13-15H,9-10H2,1-4H3. The fraction of sp³-hybridized carbons (Fsp3) is 0.588. The van der Waals surface area contributed by atoms with E-state index in [-0.39, 0.29) is 12.0 Å². The van der Waals surface area contributed by atoms with E-state index in [1.807, 2.05) is 0 Å². The van der Waals surface area contributed by atoms with Gasteiger partial charge in [0.05, 0.1) is 7.11 Å². The molecule has 3 rings (SSSR count). The van der Waals surface area contributed by atoms with Gasteiger partial charge in [0.2, 0.25) is 0 Å². The van der Waals surface area contributed by atoms with Crippen LogP contribution >= 0.6 is 0 Å². The molecule has 1 aliphatic heterocycles. The van der Waals surface area contributed by atoms with Gasteiger partial charge in [-0.25, -0.2) is 0 Å². The van der Waals surface area contributed by atoms with Crippen molar-refractivity contribution in [1.29, 1.82) is 0 Å². The van der Waals surface area contributed by atoms with E-state index in [1.54, 1.807) is 0 Å². The summed E-state index contributed by atoms with van der Waals surface area (Å²) < 4.78 is 5.04. The zero-order chi connectivity index (χ0) is 14.5. The number of fused-ring (bicyclic) bond motifs is 1. The van der Waals surface area contributed by atoms with Crippen LogP contribution in [0, 0.1) is 24.2 Å². The molecular formula is C17H23NO2. The highest BCUT2D eigenvalue weighted by Crippen LogP contribution is 2.65. The molecule has 1 saturated heterocycles. The summed E-state index contributed by atoms with van der Waals surface area (Å²) in [6.07, 6.45) is 0. The van der Waals surface area contributed by atoms with E-state index in [2.05, 4.69) is 49.9 Å². The Morgan fingerprint density at radius 2 is 2.20 bits per heavy atom. The third-order valence-electron chi connectivity index (χ3n) is 5.21. The van der Waals surface area contributed by atoms with Crippen molar-refractivity contribution in [3.63, 3.8) is 0 Å². The maximum Gasteiger partial charge on any atom is 0.323 e. The molecule has 1 aliphatic carbocycles. The van der Waals surface area contributed by atoms with Gasteiger partial charge in [-0.1, -0.05) is 43.7 Å². The number of hydrogen-bond donors (Lipinski definition) is 0. The number of piperidine rings is 1. The number of esters is 1. The predicted octanol–water partition coefficient (Wildman–Crippen LogP) is 2.62. The topological polar surface area (TPSA) is 29.5 Å². The molecular weight excluding hydrogens is 250 g/mol. The van der Waals surface area contributed by atoms with Crippen molar-refractivity contribution in [3.8, 4) is 0 Å². The molecule has 1 aromatic carbocycles. The molecule has 0 radical (unpaired) electrons. The van der Waals surface area contributed by atoms with Crippen molar-refractivity contribution in [1.82, 2.24) is 4.90 Å². The number of benzene rings is 1. The zero-order valence-electron chi connectivity index (χ0n) is 12.7. The Hall–Kier alpha value is -1.35. The Bertz CT molecular complexity index is 538. The van der Waals surface area contributed by atoms with Gasteiger partial charge in [0.1, 0.15) is 6.04 Å². The summed E-state index contributed by atoms with van der Waals surface area (Å²) in [5, 5.41) is 0. The minimum Gasteiger partial charge on any atom is -0.468 e. The fourth-order valence-electron chi connectivity index (χ4n) is 3.98. The molecule has 3 heteroatoms. The highest BCUT2D eigenvalue weighted by Gasteiger charge is 2.68. The van der Waals surface area contributed by atoms with Crippen molar-refractivity contribution < 1.29 is 9.53 Å². The largest absolute Gasteiger partial charge is 0.468 e. The summed E-state index contributed by atoms with van der Waals surface area (Å²) >= 11 is 0. The van der Waals surface area contributed by atoms with Crippen LogP contribution in [0.3, 0.4) is 0 Å². The normalized spacial score (nSPS) is 30.9. The summed E-state index contributed by atoms with van der Waals surface area (Å²) in [7, 11) is 1.50. The van der Waals surface area contributed by atoms with Gasteiger partial charge in [-0.2, -0.15) is 0 Å². The summed E-state index contributed by atoms with van der Waals surface area (Å²) in [6, 6.07) is 8.45. The summed E-state index contributed by atoms with van der Waals surface area (Å²) in [6.45, 7) is 8.48. The van der Waals surface area contributed by atoms with Gasteiger partial charge in [-0.05, 0) is 29.7 Å². The van der Waals surface area contributed by atoms with Crippen molar-refractivity contribution >= 4 is 5.97 Å². The SMILES string of the molecule is COC(=O)C1C2C(CN1Cc1cccc(C)c1)C2(C)C. The maximum absolute atomic E-state index is 12.1. The van der Waals surface area contributed by atoms with Crippen LogP contribution in [0.2, 0.25) is 0 Å². The number of hydrogen-bond acceptors (Lipinski definition) is 3. The van der Waals surface area contributed by atoms with Gasteiger partial charge in [0.25, 0.3) is 0 Å². The van der Waals surface area contributed by atoms with Crippen LogP contribution in [0.15, 0.2) is 24.3 Å². The maximum atomic E-state index is 12.1. The van der Waals surface area contributed by atoms with E-state index in [0.717, 1.165) is 13.1 Å². The van der Waals surface area contributed by atoms with Crippen molar-refractivity contribution in [2.45, 2.75) is 33.4 Å². The molecule has 2 aliphatic rings. The summed E-state index contributed by atoms with van der Waals surface area (Å²) in [5.74, 6) is 1.02. The molecule has 108 valence electrons. The van der Waals surface area contributed by atoms with Crippen molar-refractivity contribution in [2.24, 2.45) is 17.3 Å². The molecule has 3 unspecified atom stereocenters. The van der Waals surface area contributed by atoms with Crippen LogP contribution in [0.5, 0.6) is 0 Å². The molecule has 1 heterocycles. The lowest BCUT2D eigenvalue weighted by atomic mass is 10.0. The molecule has 3 atom stereocenters. The first-order valence-electron chi connectivity index (χ1n) is 7.32. The third-order valence-corrected chi connectivity index (χ3v) is 5.21. The highest BCUT2D eigenvalue weighted by atomic mass is 16.5. The van der Waals surface area contributed by atoms with Gasteiger partial charge < -0.3 is 4.74 Å². The number of rotatable bonds is 3. The van der Waals surface area contributed by atoms with Crippen molar-refractivity contribution in [2.75, 3.05) is 13.7 Å². The average molecular weight is 273 g/mol. The number of methoxy groups -OCH3 is 1. The Morgan fingerprint density at radius 1 is 1.45 bits per heavy atom. The first-order valence-corrected chi connectivity index (χ1v) is 7.32. The van der Waals surface area contributed by atoms with E-state index in [4.69, 9.17) is 4.74 Å². The molecule has 0 amide bonds. The first kappa shape index (κ1) is 13.6. The second kappa shape index (κ2) is 4.59. The fourth-order valence-corrected chi connectivity index (χ4v) is 3.98. The number of likely N-dealkylation sites (tertiary alicyclic amines) is 1. The number of ether oxygens (including phenoxy) is 1. The van der Waals surface area contributed by atoms with E-state index in [9.17, 15) is 4.79 Å². The van der Waals surface area contributed by atoms with Crippen molar-refractivity contribution in [3.05, 3.63) is 35.4 Å². The number of carbonyl (C=O) groups is 1. The molecule has 3 nitrogen and oxygen atoms in total. The quantitative estimate of drug-likeness (QED) is 0.793. The average Bonchev–Trinajstić information content (AvgIpc) is 2.76. The summed E-state index contributed by atoms with van der Waals surface area (Å²) in [4.78, 5) is 14.4. The lowest BCUT2D eigenvalue weighted by molar-refractivity contribution is -0.147. The molecule has 0 bridgehead atoms. The number of nitrogens with zero attached hydrogens (tertiary/aromatic N) is 1. The lowest BCUT2D eigenvalue weighted by Crippen LogP contribution is -2.42. The van der Waals surface area contributed by atoms with Crippen LogP contribution in [-0.2, 0) is 16.1 Å². The molecule has 0 aromatic heterocycles. The smallest absolute Gasteiger partial charge is 0.323 e. The van der Waals surface area contributed by atoms with Crippen LogP contribution < -0.4 is 0 Å². The minimum absolute atomic E-state index is 0.0690. The first-order chi connectivity index (χ1) is 9.45. The Morgan fingerprint density at radius 3 is 2.85 bits per heavy atom. The van der Waals surface area contributed by atoms with Crippen LogP contribution in [0.4, 0.5) is 0 Å². The highest BCUT2D eigenvalue weighted by molar-refractivity contribution is 5.77. The molecule has 1 aromatic rings. The number of carbonyl (C=O) groups excluding carboxylic acids is 1. The van der Waals surface area contributed by atoms with E-state index < -0.39 is 0 Å². The van der Waals surface area contributed by atoms with Crippen LogP contribution in [-0.4, -0.2) is 30.6 Å². The van der Waals surface area contributed by atoms with Gasteiger partial charge >= 0.3 is 5.97 Å². The molecule has 0 N–H and O–H groups in total. The second-order valence-electron chi connectivity index (χ2n) is 6.84. The van der Waals surface area contributed by atoms with Crippen LogP contribution in [0.1, 0.15) is 25.0 Å². The molecule has 2 fully saturated rings. The van der Waals surface area contributed by atoms with E-state index >= 15 is 0 Å². The van der Waals surface area contributed by atoms with Crippen LogP contribution in [0.25, 0.3) is 0 Å². The van der Waals surface area contributed by atoms with Gasteiger partial charge in [-0.3, -0.25) is 9.69 Å². The Kier molecular flexibility index (Phi) is 3.13.